The van der Waals surface area contributed by atoms with Gasteiger partial charge in [0.15, 0.2) is 0 Å². The highest BCUT2D eigenvalue weighted by Gasteiger charge is 2.49. The van der Waals surface area contributed by atoms with E-state index in [1.807, 2.05) is 12.3 Å². The number of carbonyl (C=O) groups excluding carboxylic acids is 2. The summed E-state index contributed by atoms with van der Waals surface area (Å²) in [4.78, 5) is 24.0. The Kier molecular flexibility index (Phi) is 8.21. The Hall–Kier alpha value is -1.22. The van der Waals surface area contributed by atoms with E-state index in [9.17, 15) is 9.59 Å². The highest BCUT2D eigenvalue weighted by Crippen LogP contribution is 2.33. The summed E-state index contributed by atoms with van der Waals surface area (Å²) in [6.07, 6.45) is 1.71. The molecule has 0 aromatic rings. The first-order valence-electron chi connectivity index (χ1n) is 6.00. The van der Waals surface area contributed by atoms with Crippen LogP contribution in [0.4, 0.5) is 0 Å². The number of thiocyanates is 1. The molecule has 102 valence electrons. The normalized spacial score (nSPS) is 10.6. The standard InChI is InChI=1S/C12H19NO4S/c1-4-7-8-12(18-9-13,10(14)16-5-2)11(15)17-6-3/h4-8H2,1-3H3. The van der Waals surface area contributed by atoms with Crippen molar-refractivity contribution in [2.75, 3.05) is 13.2 Å². The van der Waals surface area contributed by atoms with Gasteiger partial charge in [0, 0.05) is 0 Å². The number of carbonyl (C=O) groups is 2. The summed E-state index contributed by atoms with van der Waals surface area (Å²) in [6.45, 7) is 5.59. The van der Waals surface area contributed by atoms with Crippen molar-refractivity contribution in [1.29, 1.82) is 5.26 Å². The zero-order valence-corrected chi connectivity index (χ0v) is 11.8. The monoisotopic (exact) mass is 273 g/mol. The van der Waals surface area contributed by atoms with Crippen LogP contribution in [0.1, 0.15) is 40.0 Å². The molecular formula is C12H19NO4S. The zero-order valence-electron chi connectivity index (χ0n) is 11.0. The van der Waals surface area contributed by atoms with E-state index in [1.54, 1.807) is 13.8 Å². The highest BCUT2D eigenvalue weighted by atomic mass is 32.2. The van der Waals surface area contributed by atoms with Gasteiger partial charge in [-0.1, -0.05) is 19.8 Å². The van der Waals surface area contributed by atoms with Crippen LogP contribution in [0.25, 0.3) is 0 Å². The molecule has 0 bridgehead atoms. The summed E-state index contributed by atoms with van der Waals surface area (Å²) < 4.78 is 8.28. The Balaban J connectivity index is 5.20. The van der Waals surface area contributed by atoms with Gasteiger partial charge in [-0.3, -0.25) is 0 Å². The van der Waals surface area contributed by atoms with Gasteiger partial charge in [-0.05, 0) is 32.0 Å². The molecule has 0 aliphatic heterocycles. The molecule has 0 fully saturated rings. The maximum Gasteiger partial charge on any atom is 0.334 e. The van der Waals surface area contributed by atoms with Crippen LogP contribution in [0.15, 0.2) is 0 Å². The second-order valence-electron chi connectivity index (χ2n) is 3.56. The summed E-state index contributed by atoms with van der Waals surface area (Å²) in [5.41, 5.74) is 0. The minimum atomic E-state index is -1.54. The molecule has 0 atom stereocenters. The maximum atomic E-state index is 12.0. The minimum Gasteiger partial charge on any atom is -0.464 e. The van der Waals surface area contributed by atoms with Crippen molar-refractivity contribution in [1.82, 2.24) is 0 Å². The summed E-state index contributed by atoms with van der Waals surface area (Å²) >= 11 is 0.616. The molecule has 0 spiro atoms. The van der Waals surface area contributed by atoms with Crippen LogP contribution < -0.4 is 0 Å². The SMILES string of the molecule is CCCCC(SC#N)(C(=O)OCC)C(=O)OCC. The molecule has 0 N–H and O–H groups in total. The van der Waals surface area contributed by atoms with Gasteiger partial charge in [-0.2, -0.15) is 5.26 Å². The number of ether oxygens (including phenoxy) is 2. The topological polar surface area (TPSA) is 76.4 Å². The van der Waals surface area contributed by atoms with Crippen LogP contribution >= 0.6 is 11.8 Å². The van der Waals surface area contributed by atoms with Gasteiger partial charge in [0.2, 0.25) is 4.75 Å². The predicted molar refractivity (Wildman–Crippen MR) is 68.7 cm³/mol. The number of nitriles is 1. The summed E-state index contributed by atoms with van der Waals surface area (Å²) in [6, 6.07) is 0. The Morgan fingerprint density at radius 3 is 2.00 bits per heavy atom. The van der Waals surface area contributed by atoms with E-state index in [2.05, 4.69) is 0 Å². The van der Waals surface area contributed by atoms with Crippen LogP contribution in [-0.2, 0) is 19.1 Å². The third kappa shape index (κ3) is 4.22. The largest absolute Gasteiger partial charge is 0.464 e. The van der Waals surface area contributed by atoms with Crippen LogP contribution in [0.3, 0.4) is 0 Å². The summed E-state index contributed by atoms with van der Waals surface area (Å²) in [5.74, 6) is -1.38. The third-order valence-electron chi connectivity index (χ3n) is 2.31. The number of hydrogen-bond donors (Lipinski definition) is 0. The molecule has 0 heterocycles. The number of thioether (sulfide) groups is 1. The average Bonchev–Trinajstić information content (AvgIpc) is 2.35. The van der Waals surface area contributed by atoms with E-state index in [0.29, 0.717) is 18.2 Å². The first kappa shape index (κ1) is 16.8. The molecule has 5 nitrogen and oxygen atoms in total. The number of rotatable bonds is 8. The van der Waals surface area contributed by atoms with Crippen LogP contribution in [0.5, 0.6) is 0 Å². The van der Waals surface area contributed by atoms with E-state index in [-0.39, 0.29) is 19.6 Å². The fourth-order valence-corrected chi connectivity index (χ4v) is 2.11. The van der Waals surface area contributed by atoms with Crippen molar-refractivity contribution in [2.45, 2.75) is 44.8 Å². The van der Waals surface area contributed by atoms with Gasteiger partial charge in [0.25, 0.3) is 0 Å². The van der Waals surface area contributed by atoms with Crippen LogP contribution in [0, 0.1) is 10.7 Å². The molecule has 6 heteroatoms. The van der Waals surface area contributed by atoms with E-state index < -0.39 is 16.7 Å². The summed E-state index contributed by atoms with van der Waals surface area (Å²) in [7, 11) is 0. The van der Waals surface area contributed by atoms with E-state index in [4.69, 9.17) is 14.7 Å². The van der Waals surface area contributed by atoms with Crippen LogP contribution in [-0.4, -0.2) is 29.9 Å². The van der Waals surface area contributed by atoms with Gasteiger partial charge >= 0.3 is 11.9 Å². The minimum absolute atomic E-state index is 0.165. The van der Waals surface area contributed by atoms with Crippen molar-refractivity contribution in [3.8, 4) is 5.40 Å². The molecule has 0 saturated heterocycles. The van der Waals surface area contributed by atoms with E-state index in [0.717, 1.165) is 6.42 Å². The van der Waals surface area contributed by atoms with Crippen molar-refractivity contribution in [2.24, 2.45) is 0 Å². The van der Waals surface area contributed by atoms with Gasteiger partial charge in [-0.25, -0.2) is 9.59 Å². The lowest BCUT2D eigenvalue weighted by Gasteiger charge is -2.25. The molecular weight excluding hydrogens is 254 g/mol. The maximum absolute atomic E-state index is 12.0. The fourth-order valence-electron chi connectivity index (χ4n) is 1.42. The van der Waals surface area contributed by atoms with Crippen LogP contribution in [0.2, 0.25) is 0 Å². The molecule has 0 amide bonds. The van der Waals surface area contributed by atoms with E-state index >= 15 is 0 Å². The zero-order chi connectivity index (χ0) is 14.0. The molecule has 18 heavy (non-hydrogen) atoms. The van der Waals surface area contributed by atoms with Crippen molar-refractivity contribution >= 4 is 23.7 Å². The lowest BCUT2D eigenvalue weighted by Crippen LogP contribution is -2.45. The number of nitrogens with zero attached hydrogens (tertiary/aromatic N) is 1. The lowest BCUT2D eigenvalue weighted by molar-refractivity contribution is -0.159. The fraction of sp³-hybridized carbons (Fsp3) is 0.750. The molecule has 0 aromatic carbocycles. The average molecular weight is 273 g/mol. The Morgan fingerprint density at radius 1 is 1.17 bits per heavy atom. The second kappa shape index (κ2) is 8.81. The second-order valence-corrected chi connectivity index (χ2v) is 4.65. The number of unbranched alkanes of at least 4 members (excludes halogenated alkanes) is 1. The highest BCUT2D eigenvalue weighted by molar-refractivity contribution is 8.06. The molecule has 0 aromatic heterocycles. The molecule has 0 saturated carbocycles. The molecule has 0 unspecified atom stereocenters. The quantitative estimate of drug-likeness (QED) is 0.383. The van der Waals surface area contributed by atoms with Gasteiger partial charge < -0.3 is 9.47 Å². The summed E-state index contributed by atoms with van der Waals surface area (Å²) in [5, 5.41) is 10.6. The smallest absolute Gasteiger partial charge is 0.334 e. The van der Waals surface area contributed by atoms with Gasteiger partial charge in [0.1, 0.15) is 5.40 Å². The molecule has 0 radical (unpaired) electrons. The molecule has 0 aliphatic carbocycles. The Morgan fingerprint density at radius 2 is 1.67 bits per heavy atom. The predicted octanol–water partition coefficient (Wildman–Crippen LogP) is 2.26. The van der Waals surface area contributed by atoms with Crippen molar-refractivity contribution in [3.63, 3.8) is 0 Å². The van der Waals surface area contributed by atoms with Gasteiger partial charge in [0.05, 0.1) is 13.2 Å². The lowest BCUT2D eigenvalue weighted by atomic mass is 10.0. The Labute approximate surface area is 112 Å². The third-order valence-corrected chi connectivity index (χ3v) is 3.29. The molecule has 0 rings (SSSR count). The Bertz CT molecular complexity index is 307. The van der Waals surface area contributed by atoms with Crippen molar-refractivity contribution in [3.05, 3.63) is 0 Å². The first-order chi connectivity index (χ1) is 8.58. The van der Waals surface area contributed by atoms with Crippen molar-refractivity contribution < 1.29 is 19.1 Å². The number of hydrogen-bond acceptors (Lipinski definition) is 6. The first-order valence-corrected chi connectivity index (χ1v) is 6.82. The number of esters is 2. The van der Waals surface area contributed by atoms with Gasteiger partial charge in [-0.15, -0.1) is 0 Å². The van der Waals surface area contributed by atoms with E-state index in [1.165, 1.54) is 0 Å². The molecule has 0 aliphatic rings.